The maximum Gasteiger partial charge on any atom is 0.245 e. The van der Waals surface area contributed by atoms with Gasteiger partial charge in [0.05, 0.1) is 0 Å². The number of benzene rings is 1. The van der Waals surface area contributed by atoms with Crippen molar-refractivity contribution in [2.24, 2.45) is 5.73 Å². The molecule has 1 aromatic heterocycles. The van der Waals surface area contributed by atoms with E-state index in [4.69, 9.17) is 5.73 Å². The van der Waals surface area contributed by atoms with Crippen molar-refractivity contribution in [3.05, 3.63) is 41.5 Å². The van der Waals surface area contributed by atoms with Gasteiger partial charge in [-0.3, -0.25) is 5.10 Å². The lowest BCUT2D eigenvalue weighted by Gasteiger charge is -2.36. The Hall–Kier alpha value is -1.95. The molecule has 21 heavy (non-hydrogen) atoms. The van der Waals surface area contributed by atoms with E-state index in [-0.39, 0.29) is 17.9 Å². The standard InChI is InChI=1S/C15H20FN5/c1-10-13(17)3-2-8-21(10)15-18-14(19-20-15)9-11-4-6-12(16)7-5-11/h4-7,10,13H,2-3,8-9,17H2,1H3,(H,18,19,20). The Balaban J connectivity index is 1.72. The smallest absolute Gasteiger partial charge is 0.245 e. The lowest BCUT2D eigenvalue weighted by atomic mass is 9.99. The SMILES string of the molecule is CC1C(N)CCCN1c1n[nH]c(Cc2ccc(F)cc2)n1. The van der Waals surface area contributed by atoms with Crippen molar-refractivity contribution in [2.75, 3.05) is 11.4 Å². The zero-order valence-corrected chi connectivity index (χ0v) is 12.1. The molecule has 2 atom stereocenters. The summed E-state index contributed by atoms with van der Waals surface area (Å²) in [7, 11) is 0. The fourth-order valence-corrected chi connectivity index (χ4v) is 2.74. The van der Waals surface area contributed by atoms with Gasteiger partial charge in [-0.1, -0.05) is 12.1 Å². The summed E-state index contributed by atoms with van der Waals surface area (Å²) in [5.74, 6) is 1.26. The van der Waals surface area contributed by atoms with E-state index in [2.05, 4.69) is 27.0 Å². The van der Waals surface area contributed by atoms with Gasteiger partial charge in [0.1, 0.15) is 11.6 Å². The number of aromatic nitrogens is 3. The molecule has 3 N–H and O–H groups in total. The molecule has 0 saturated carbocycles. The molecule has 2 unspecified atom stereocenters. The molecule has 5 nitrogen and oxygen atoms in total. The van der Waals surface area contributed by atoms with Crippen LogP contribution in [-0.4, -0.2) is 33.8 Å². The minimum Gasteiger partial charge on any atom is -0.335 e. The monoisotopic (exact) mass is 289 g/mol. The summed E-state index contributed by atoms with van der Waals surface area (Å²) in [4.78, 5) is 6.70. The first kappa shape index (κ1) is 14.0. The van der Waals surface area contributed by atoms with Crippen LogP contribution >= 0.6 is 0 Å². The number of nitrogens with two attached hydrogens (primary N) is 1. The summed E-state index contributed by atoms with van der Waals surface area (Å²) in [5, 5.41) is 7.26. The Morgan fingerprint density at radius 1 is 1.38 bits per heavy atom. The predicted octanol–water partition coefficient (Wildman–Crippen LogP) is 1.85. The van der Waals surface area contributed by atoms with Crippen LogP contribution in [0.4, 0.5) is 10.3 Å². The maximum atomic E-state index is 12.9. The van der Waals surface area contributed by atoms with Crippen LogP contribution in [0.15, 0.2) is 24.3 Å². The van der Waals surface area contributed by atoms with Gasteiger partial charge in [-0.05, 0) is 37.5 Å². The molecule has 112 valence electrons. The molecule has 2 aromatic rings. The Bertz CT molecular complexity index is 594. The van der Waals surface area contributed by atoms with Crippen LogP contribution in [0.5, 0.6) is 0 Å². The van der Waals surface area contributed by atoms with Crippen LogP contribution in [0.25, 0.3) is 0 Å². The summed E-state index contributed by atoms with van der Waals surface area (Å²) >= 11 is 0. The number of hydrogen-bond donors (Lipinski definition) is 2. The Morgan fingerprint density at radius 3 is 2.90 bits per heavy atom. The number of piperidine rings is 1. The fourth-order valence-electron chi connectivity index (χ4n) is 2.74. The summed E-state index contributed by atoms with van der Waals surface area (Å²) < 4.78 is 12.9. The zero-order chi connectivity index (χ0) is 14.8. The molecule has 6 heteroatoms. The van der Waals surface area contributed by atoms with Crippen LogP contribution in [0.1, 0.15) is 31.2 Å². The van der Waals surface area contributed by atoms with Crippen LogP contribution in [0, 0.1) is 5.82 Å². The molecule has 1 aromatic carbocycles. The largest absolute Gasteiger partial charge is 0.335 e. The Morgan fingerprint density at radius 2 is 2.14 bits per heavy atom. The third-order valence-electron chi connectivity index (χ3n) is 4.11. The average molecular weight is 289 g/mol. The number of rotatable bonds is 3. The van der Waals surface area contributed by atoms with Gasteiger partial charge in [0.15, 0.2) is 0 Å². The topological polar surface area (TPSA) is 70.8 Å². The normalized spacial score (nSPS) is 22.5. The van der Waals surface area contributed by atoms with E-state index in [1.807, 2.05) is 0 Å². The summed E-state index contributed by atoms with van der Waals surface area (Å²) in [6, 6.07) is 6.84. The number of aromatic amines is 1. The van der Waals surface area contributed by atoms with E-state index in [9.17, 15) is 4.39 Å². The molecule has 1 saturated heterocycles. The van der Waals surface area contributed by atoms with E-state index >= 15 is 0 Å². The number of nitrogens with one attached hydrogen (secondary N) is 1. The fraction of sp³-hybridized carbons (Fsp3) is 0.467. The number of anilines is 1. The van der Waals surface area contributed by atoms with Crippen molar-refractivity contribution in [1.82, 2.24) is 15.2 Å². The number of H-pyrrole nitrogens is 1. The third kappa shape index (κ3) is 3.05. The van der Waals surface area contributed by atoms with E-state index in [0.29, 0.717) is 12.4 Å². The maximum absolute atomic E-state index is 12.9. The minimum atomic E-state index is -0.229. The molecule has 0 aliphatic carbocycles. The van der Waals surface area contributed by atoms with E-state index in [1.165, 1.54) is 12.1 Å². The lowest BCUT2D eigenvalue weighted by Crippen LogP contribution is -2.50. The number of hydrogen-bond acceptors (Lipinski definition) is 4. The van der Waals surface area contributed by atoms with Gasteiger partial charge in [-0.2, -0.15) is 4.98 Å². The van der Waals surface area contributed by atoms with Crippen molar-refractivity contribution in [1.29, 1.82) is 0 Å². The van der Waals surface area contributed by atoms with Crippen molar-refractivity contribution >= 4 is 5.95 Å². The zero-order valence-electron chi connectivity index (χ0n) is 12.1. The molecule has 1 aliphatic rings. The van der Waals surface area contributed by atoms with Gasteiger partial charge in [0.25, 0.3) is 0 Å². The molecule has 3 rings (SSSR count). The Kier molecular flexibility index (Phi) is 3.88. The highest BCUT2D eigenvalue weighted by molar-refractivity contribution is 5.33. The van der Waals surface area contributed by atoms with Crippen LogP contribution in [0.2, 0.25) is 0 Å². The van der Waals surface area contributed by atoms with E-state index in [1.54, 1.807) is 12.1 Å². The van der Waals surface area contributed by atoms with Crippen molar-refractivity contribution in [2.45, 2.75) is 38.3 Å². The lowest BCUT2D eigenvalue weighted by molar-refractivity contribution is 0.416. The molecule has 0 radical (unpaired) electrons. The van der Waals surface area contributed by atoms with Gasteiger partial charge >= 0.3 is 0 Å². The van der Waals surface area contributed by atoms with Crippen LogP contribution < -0.4 is 10.6 Å². The van der Waals surface area contributed by atoms with Gasteiger partial charge in [0, 0.05) is 25.0 Å². The number of nitrogens with zero attached hydrogens (tertiary/aromatic N) is 3. The van der Waals surface area contributed by atoms with Crippen LogP contribution in [-0.2, 0) is 6.42 Å². The molecule has 0 bridgehead atoms. The second-order valence-electron chi connectivity index (χ2n) is 5.63. The Labute approximate surface area is 123 Å². The first-order chi connectivity index (χ1) is 10.1. The molecular weight excluding hydrogens is 269 g/mol. The summed E-state index contributed by atoms with van der Waals surface area (Å²) in [5.41, 5.74) is 7.11. The molecule has 1 fully saturated rings. The molecule has 0 spiro atoms. The minimum absolute atomic E-state index is 0.165. The summed E-state index contributed by atoms with van der Waals surface area (Å²) in [6.45, 7) is 3.04. The predicted molar refractivity (Wildman–Crippen MR) is 79.6 cm³/mol. The van der Waals surface area contributed by atoms with Gasteiger partial charge < -0.3 is 10.6 Å². The highest BCUT2D eigenvalue weighted by atomic mass is 19.1. The van der Waals surface area contributed by atoms with Crippen molar-refractivity contribution in [3.8, 4) is 0 Å². The average Bonchev–Trinajstić information content (AvgIpc) is 2.93. The highest BCUT2D eigenvalue weighted by Crippen LogP contribution is 2.21. The molecule has 2 heterocycles. The number of halogens is 1. The third-order valence-corrected chi connectivity index (χ3v) is 4.11. The van der Waals surface area contributed by atoms with Gasteiger partial charge in [-0.15, -0.1) is 5.10 Å². The second-order valence-corrected chi connectivity index (χ2v) is 5.63. The van der Waals surface area contributed by atoms with Gasteiger partial charge in [0.2, 0.25) is 5.95 Å². The highest BCUT2D eigenvalue weighted by Gasteiger charge is 2.27. The van der Waals surface area contributed by atoms with Gasteiger partial charge in [-0.25, -0.2) is 4.39 Å². The van der Waals surface area contributed by atoms with Crippen LogP contribution in [0.3, 0.4) is 0 Å². The molecule has 1 aliphatic heterocycles. The molecular formula is C15H20FN5. The first-order valence-electron chi connectivity index (χ1n) is 7.31. The summed E-state index contributed by atoms with van der Waals surface area (Å²) in [6.07, 6.45) is 2.72. The van der Waals surface area contributed by atoms with Crippen molar-refractivity contribution < 1.29 is 4.39 Å². The second kappa shape index (κ2) is 5.81. The molecule has 0 amide bonds. The van der Waals surface area contributed by atoms with E-state index in [0.717, 1.165) is 30.8 Å². The van der Waals surface area contributed by atoms with E-state index < -0.39 is 0 Å². The quantitative estimate of drug-likeness (QED) is 0.904. The first-order valence-corrected chi connectivity index (χ1v) is 7.31. The van der Waals surface area contributed by atoms with Crippen molar-refractivity contribution in [3.63, 3.8) is 0 Å².